The van der Waals surface area contributed by atoms with E-state index in [0.29, 0.717) is 12.3 Å². The third-order valence-electron chi connectivity index (χ3n) is 3.83. The van der Waals surface area contributed by atoms with Gasteiger partial charge in [0, 0.05) is 6.42 Å². The van der Waals surface area contributed by atoms with Gasteiger partial charge in [0.15, 0.2) is 5.78 Å². The van der Waals surface area contributed by atoms with Crippen LogP contribution in [0, 0.1) is 0 Å². The van der Waals surface area contributed by atoms with Crippen LogP contribution in [0.1, 0.15) is 67.3 Å². The predicted molar refractivity (Wildman–Crippen MR) is 73.4 cm³/mol. The van der Waals surface area contributed by atoms with Crippen molar-refractivity contribution in [3.05, 3.63) is 29.3 Å². The molecule has 1 aromatic rings. The molecule has 0 amide bonds. The topological polar surface area (TPSA) is 26.3 Å². The first-order valence-electron chi connectivity index (χ1n) is 6.98. The van der Waals surface area contributed by atoms with Crippen LogP contribution in [-0.4, -0.2) is 12.9 Å². The Morgan fingerprint density at radius 1 is 1.28 bits per heavy atom. The van der Waals surface area contributed by atoms with Gasteiger partial charge in [-0.25, -0.2) is 0 Å². The number of ether oxygens (including phenoxy) is 1. The summed E-state index contributed by atoms with van der Waals surface area (Å²) in [5.41, 5.74) is 2.04. The Balaban J connectivity index is 2.08. The van der Waals surface area contributed by atoms with Crippen molar-refractivity contribution in [3.8, 4) is 5.75 Å². The second-order valence-corrected chi connectivity index (χ2v) is 5.10. The number of carbonyl (C=O) groups is 1. The maximum absolute atomic E-state index is 12.1. The van der Waals surface area contributed by atoms with Crippen molar-refractivity contribution < 1.29 is 9.53 Å². The quantitative estimate of drug-likeness (QED) is 0.698. The zero-order chi connectivity index (χ0) is 13.0. The summed E-state index contributed by atoms with van der Waals surface area (Å²) in [6.07, 6.45) is 6.86. The molecular formula is C16H22O2. The van der Waals surface area contributed by atoms with E-state index in [1.165, 1.54) is 31.2 Å². The molecule has 1 unspecified atom stereocenters. The number of methoxy groups -OCH3 is 1. The van der Waals surface area contributed by atoms with E-state index in [1.807, 2.05) is 12.1 Å². The zero-order valence-electron chi connectivity index (χ0n) is 11.4. The third kappa shape index (κ3) is 2.58. The van der Waals surface area contributed by atoms with E-state index in [9.17, 15) is 4.79 Å². The normalized spacial score (nSPS) is 17.9. The molecule has 0 heterocycles. The largest absolute Gasteiger partial charge is 0.496 e. The lowest BCUT2D eigenvalue weighted by Gasteiger charge is -2.11. The Hall–Kier alpha value is -1.31. The second-order valence-electron chi connectivity index (χ2n) is 5.10. The molecule has 18 heavy (non-hydrogen) atoms. The molecule has 1 aliphatic rings. The number of rotatable bonds is 6. The van der Waals surface area contributed by atoms with Gasteiger partial charge in [0.05, 0.1) is 12.7 Å². The van der Waals surface area contributed by atoms with Gasteiger partial charge in [-0.15, -0.1) is 0 Å². The molecule has 0 aliphatic heterocycles. The second kappa shape index (κ2) is 6.03. The van der Waals surface area contributed by atoms with Crippen LogP contribution in [0.3, 0.4) is 0 Å². The van der Waals surface area contributed by atoms with E-state index < -0.39 is 0 Å². The molecule has 0 aromatic heterocycles. The van der Waals surface area contributed by atoms with Gasteiger partial charge in [-0.2, -0.15) is 0 Å². The lowest BCUT2D eigenvalue weighted by molar-refractivity contribution is 0.0985. The minimum atomic E-state index is 0.253. The van der Waals surface area contributed by atoms with Crippen molar-refractivity contribution in [2.75, 3.05) is 7.11 Å². The molecule has 0 saturated heterocycles. The maximum Gasteiger partial charge on any atom is 0.167 e. The molecule has 0 saturated carbocycles. The zero-order valence-corrected chi connectivity index (χ0v) is 11.4. The average Bonchev–Trinajstić information content (AvgIpc) is 2.72. The fourth-order valence-corrected chi connectivity index (χ4v) is 2.87. The summed E-state index contributed by atoms with van der Waals surface area (Å²) in [5, 5.41) is 0. The fraction of sp³-hybridized carbons (Fsp3) is 0.562. The van der Waals surface area contributed by atoms with Crippen LogP contribution < -0.4 is 4.74 Å². The number of hydrogen-bond donors (Lipinski definition) is 0. The predicted octanol–water partition coefficient (Wildman–Crippen LogP) is 4.34. The molecule has 0 radical (unpaired) electrons. The first-order chi connectivity index (χ1) is 8.77. The number of benzene rings is 1. The van der Waals surface area contributed by atoms with Crippen molar-refractivity contribution in [2.45, 2.75) is 51.4 Å². The molecule has 1 aliphatic carbocycles. The van der Waals surface area contributed by atoms with Gasteiger partial charge in [0.1, 0.15) is 5.75 Å². The molecule has 1 aromatic carbocycles. The molecular weight excluding hydrogens is 224 g/mol. The van der Waals surface area contributed by atoms with Crippen LogP contribution in [0.25, 0.3) is 0 Å². The minimum absolute atomic E-state index is 0.253. The Morgan fingerprint density at radius 2 is 2.11 bits per heavy atom. The van der Waals surface area contributed by atoms with E-state index >= 15 is 0 Å². The fourth-order valence-electron chi connectivity index (χ4n) is 2.87. The highest BCUT2D eigenvalue weighted by atomic mass is 16.5. The molecule has 0 fully saturated rings. The standard InChI is InChI=1S/C16H22O2/c1-3-4-5-6-8-12-11-14(17)16-13(12)9-7-10-15(16)18-2/h7,9-10,12H,3-6,8,11H2,1-2H3. The lowest BCUT2D eigenvalue weighted by Crippen LogP contribution is -1.96. The smallest absolute Gasteiger partial charge is 0.167 e. The molecule has 2 rings (SSSR count). The summed E-state index contributed by atoms with van der Waals surface area (Å²) >= 11 is 0. The molecule has 0 bridgehead atoms. The minimum Gasteiger partial charge on any atom is -0.496 e. The summed E-state index contributed by atoms with van der Waals surface area (Å²) in [4.78, 5) is 12.1. The van der Waals surface area contributed by atoms with E-state index in [-0.39, 0.29) is 5.78 Å². The molecule has 98 valence electrons. The maximum atomic E-state index is 12.1. The molecule has 0 N–H and O–H groups in total. The number of ketones is 1. The third-order valence-corrected chi connectivity index (χ3v) is 3.83. The highest BCUT2D eigenvalue weighted by molar-refractivity contribution is 6.03. The van der Waals surface area contributed by atoms with Crippen LogP contribution in [0.5, 0.6) is 5.75 Å². The molecule has 1 atom stereocenters. The summed E-state index contributed by atoms with van der Waals surface area (Å²) in [5.74, 6) is 1.41. The van der Waals surface area contributed by atoms with Gasteiger partial charge in [0.25, 0.3) is 0 Å². The van der Waals surface area contributed by atoms with E-state index in [1.54, 1.807) is 7.11 Å². The number of fused-ring (bicyclic) bond motifs is 1. The van der Waals surface area contributed by atoms with Crippen LogP contribution in [0.2, 0.25) is 0 Å². The molecule has 2 heteroatoms. The van der Waals surface area contributed by atoms with E-state index in [4.69, 9.17) is 4.74 Å². The average molecular weight is 246 g/mol. The van der Waals surface area contributed by atoms with Gasteiger partial charge >= 0.3 is 0 Å². The van der Waals surface area contributed by atoms with E-state index in [0.717, 1.165) is 17.7 Å². The van der Waals surface area contributed by atoms with Gasteiger partial charge in [-0.1, -0.05) is 44.7 Å². The van der Waals surface area contributed by atoms with Crippen molar-refractivity contribution in [1.29, 1.82) is 0 Å². The SMILES string of the molecule is CCCCCCC1CC(=O)c2c(OC)cccc21. The van der Waals surface area contributed by atoms with Crippen LogP contribution in [0.4, 0.5) is 0 Å². The summed E-state index contributed by atoms with van der Waals surface area (Å²) in [6.45, 7) is 2.22. The van der Waals surface area contributed by atoms with Gasteiger partial charge in [0.2, 0.25) is 0 Å². The number of hydrogen-bond acceptors (Lipinski definition) is 2. The molecule has 2 nitrogen and oxygen atoms in total. The van der Waals surface area contributed by atoms with Crippen molar-refractivity contribution >= 4 is 5.78 Å². The highest BCUT2D eigenvalue weighted by Crippen LogP contribution is 2.40. The van der Waals surface area contributed by atoms with Crippen molar-refractivity contribution in [1.82, 2.24) is 0 Å². The van der Waals surface area contributed by atoms with Crippen LogP contribution in [-0.2, 0) is 0 Å². The first kappa shape index (κ1) is 13.1. The highest BCUT2D eigenvalue weighted by Gasteiger charge is 2.31. The Kier molecular flexibility index (Phi) is 4.40. The summed E-state index contributed by atoms with van der Waals surface area (Å²) < 4.78 is 5.30. The summed E-state index contributed by atoms with van der Waals surface area (Å²) in [6, 6.07) is 5.97. The number of unbranched alkanes of at least 4 members (excludes halogenated alkanes) is 3. The Labute approximate surface area is 109 Å². The lowest BCUT2D eigenvalue weighted by atomic mass is 9.94. The first-order valence-corrected chi connectivity index (χ1v) is 6.98. The van der Waals surface area contributed by atoms with E-state index in [2.05, 4.69) is 13.0 Å². The Morgan fingerprint density at radius 3 is 2.83 bits per heavy atom. The molecule has 0 spiro atoms. The van der Waals surface area contributed by atoms with Crippen molar-refractivity contribution in [3.63, 3.8) is 0 Å². The van der Waals surface area contributed by atoms with Gasteiger partial charge in [-0.3, -0.25) is 4.79 Å². The number of carbonyl (C=O) groups excluding carboxylic acids is 1. The summed E-state index contributed by atoms with van der Waals surface area (Å²) in [7, 11) is 1.64. The van der Waals surface area contributed by atoms with Gasteiger partial charge in [-0.05, 0) is 24.0 Å². The number of Topliss-reactive ketones (excluding diaryl/α,β-unsaturated/α-hetero) is 1. The Bertz CT molecular complexity index is 423. The van der Waals surface area contributed by atoms with Crippen LogP contribution >= 0.6 is 0 Å². The van der Waals surface area contributed by atoms with Gasteiger partial charge < -0.3 is 4.74 Å². The van der Waals surface area contributed by atoms with Crippen LogP contribution in [0.15, 0.2) is 18.2 Å². The monoisotopic (exact) mass is 246 g/mol. The van der Waals surface area contributed by atoms with Crippen molar-refractivity contribution in [2.24, 2.45) is 0 Å².